The highest BCUT2D eigenvalue weighted by atomic mass is 79.9. The maximum atomic E-state index is 12.3. The van der Waals surface area contributed by atoms with Crippen LogP contribution in [0.2, 0.25) is 0 Å². The first-order valence-corrected chi connectivity index (χ1v) is 7.13. The van der Waals surface area contributed by atoms with E-state index in [0.29, 0.717) is 11.1 Å². The highest BCUT2D eigenvalue weighted by Crippen LogP contribution is 2.18. The summed E-state index contributed by atoms with van der Waals surface area (Å²) in [7, 11) is 0. The highest BCUT2D eigenvalue weighted by molar-refractivity contribution is 9.10. The summed E-state index contributed by atoms with van der Waals surface area (Å²) in [4.78, 5) is 23.7. The zero-order valence-corrected chi connectivity index (χ0v) is 12.9. The van der Waals surface area contributed by atoms with Gasteiger partial charge in [0.2, 0.25) is 0 Å². The van der Waals surface area contributed by atoms with E-state index in [2.05, 4.69) is 21.2 Å². The van der Waals surface area contributed by atoms with Gasteiger partial charge in [-0.05, 0) is 36.2 Å². The topological polar surface area (TPSA) is 66.4 Å². The van der Waals surface area contributed by atoms with Gasteiger partial charge in [0.1, 0.15) is 0 Å². The second kappa shape index (κ2) is 6.54. The van der Waals surface area contributed by atoms with Gasteiger partial charge >= 0.3 is 5.97 Å². The molecule has 0 bridgehead atoms. The van der Waals surface area contributed by atoms with Crippen LogP contribution in [-0.4, -0.2) is 17.0 Å². The Morgan fingerprint density at radius 1 is 1.14 bits per heavy atom. The maximum Gasteiger partial charge on any atom is 0.330 e. The fourth-order valence-electron chi connectivity index (χ4n) is 2.02. The van der Waals surface area contributed by atoms with Crippen LogP contribution in [0.4, 0.5) is 0 Å². The van der Waals surface area contributed by atoms with E-state index in [1.165, 1.54) is 0 Å². The Morgan fingerprint density at radius 3 is 2.38 bits per heavy atom. The smallest absolute Gasteiger partial charge is 0.330 e. The number of hydrogen-bond acceptors (Lipinski definition) is 2. The lowest BCUT2D eigenvalue weighted by Crippen LogP contribution is -2.34. The third-order valence-corrected chi connectivity index (χ3v) is 3.58. The van der Waals surface area contributed by atoms with Crippen molar-refractivity contribution < 1.29 is 14.7 Å². The Bertz CT molecular complexity index is 670. The number of halogens is 1. The van der Waals surface area contributed by atoms with E-state index in [9.17, 15) is 14.7 Å². The minimum atomic E-state index is -1.09. The monoisotopic (exact) mass is 347 g/mol. The van der Waals surface area contributed by atoms with Crippen LogP contribution in [0.25, 0.3) is 0 Å². The fourth-order valence-corrected chi connectivity index (χ4v) is 2.50. The van der Waals surface area contributed by atoms with Gasteiger partial charge in [0.25, 0.3) is 5.91 Å². The summed E-state index contributed by atoms with van der Waals surface area (Å²) in [5, 5.41) is 11.9. The van der Waals surface area contributed by atoms with E-state index in [1.54, 1.807) is 49.4 Å². The molecule has 2 aromatic rings. The van der Waals surface area contributed by atoms with Crippen LogP contribution in [0.1, 0.15) is 27.5 Å². The van der Waals surface area contributed by atoms with Gasteiger partial charge in [-0.1, -0.05) is 46.3 Å². The average molecular weight is 348 g/mol. The predicted molar refractivity (Wildman–Crippen MR) is 83.2 cm³/mol. The predicted octanol–water partition coefficient (Wildman–Crippen LogP) is 3.31. The van der Waals surface area contributed by atoms with E-state index in [-0.39, 0.29) is 0 Å². The second-order valence-electron chi connectivity index (χ2n) is 4.61. The molecule has 108 valence electrons. The van der Waals surface area contributed by atoms with E-state index in [4.69, 9.17) is 0 Å². The summed E-state index contributed by atoms with van der Waals surface area (Å²) < 4.78 is 0.870. The van der Waals surface area contributed by atoms with E-state index in [0.717, 1.165) is 10.0 Å². The Hall–Kier alpha value is -2.14. The Morgan fingerprint density at radius 2 is 1.81 bits per heavy atom. The lowest BCUT2D eigenvalue weighted by atomic mass is 10.0. The van der Waals surface area contributed by atoms with E-state index < -0.39 is 17.9 Å². The van der Waals surface area contributed by atoms with Crippen LogP contribution in [0.15, 0.2) is 53.0 Å². The lowest BCUT2D eigenvalue weighted by molar-refractivity contribution is -0.139. The van der Waals surface area contributed by atoms with Gasteiger partial charge in [-0.3, -0.25) is 4.79 Å². The molecular weight excluding hydrogens is 334 g/mol. The first kappa shape index (κ1) is 15.3. The molecule has 0 aromatic heterocycles. The number of carbonyl (C=O) groups excluding carboxylic acids is 1. The van der Waals surface area contributed by atoms with Crippen molar-refractivity contribution in [3.8, 4) is 0 Å². The summed E-state index contributed by atoms with van der Waals surface area (Å²) in [5.74, 6) is -1.50. The molecule has 0 fully saturated rings. The molecule has 2 aromatic carbocycles. The summed E-state index contributed by atoms with van der Waals surface area (Å²) in [6.45, 7) is 1.80. The maximum absolute atomic E-state index is 12.3. The molecule has 2 rings (SSSR count). The van der Waals surface area contributed by atoms with Crippen molar-refractivity contribution in [1.82, 2.24) is 5.32 Å². The second-order valence-corrected chi connectivity index (χ2v) is 5.53. The van der Waals surface area contributed by atoms with Crippen LogP contribution in [0.3, 0.4) is 0 Å². The van der Waals surface area contributed by atoms with Gasteiger partial charge in [-0.15, -0.1) is 0 Å². The van der Waals surface area contributed by atoms with Crippen molar-refractivity contribution in [2.45, 2.75) is 13.0 Å². The molecule has 1 amide bonds. The number of benzene rings is 2. The van der Waals surface area contributed by atoms with Gasteiger partial charge in [-0.2, -0.15) is 0 Å². The van der Waals surface area contributed by atoms with Crippen molar-refractivity contribution in [2.24, 2.45) is 0 Å². The number of rotatable bonds is 4. The van der Waals surface area contributed by atoms with E-state index >= 15 is 0 Å². The number of carboxylic acids is 1. The summed E-state index contributed by atoms with van der Waals surface area (Å²) in [6, 6.07) is 12.8. The molecule has 4 nitrogen and oxygen atoms in total. The molecule has 0 saturated heterocycles. The highest BCUT2D eigenvalue weighted by Gasteiger charge is 2.23. The molecule has 1 atom stereocenters. The lowest BCUT2D eigenvalue weighted by Gasteiger charge is -2.16. The first-order valence-electron chi connectivity index (χ1n) is 6.34. The molecule has 0 unspecified atom stereocenters. The number of aryl methyl sites for hydroxylation is 1. The molecular formula is C16H14BrNO3. The van der Waals surface area contributed by atoms with Crippen molar-refractivity contribution in [2.75, 3.05) is 0 Å². The Labute approximate surface area is 130 Å². The third kappa shape index (κ3) is 3.70. The van der Waals surface area contributed by atoms with Crippen molar-refractivity contribution in [1.29, 1.82) is 0 Å². The van der Waals surface area contributed by atoms with Crippen LogP contribution in [0, 0.1) is 6.92 Å². The van der Waals surface area contributed by atoms with Crippen molar-refractivity contribution in [3.05, 3.63) is 69.7 Å². The largest absolute Gasteiger partial charge is 0.479 e. The number of nitrogens with one attached hydrogen (secondary N) is 1. The molecule has 2 N–H and O–H groups in total. The SMILES string of the molecule is Cc1cc(Br)ccc1C(=O)N[C@H](C(=O)O)c1ccccc1. The van der Waals surface area contributed by atoms with Crippen LogP contribution in [0.5, 0.6) is 0 Å². The molecule has 0 heterocycles. The van der Waals surface area contributed by atoms with Crippen molar-refractivity contribution >= 4 is 27.8 Å². The standard InChI is InChI=1S/C16H14BrNO3/c1-10-9-12(17)7-8-13(10)15(19)18-14(16(20)21)11-5-3-2-4-6-11/h2-9,14H,1H3,(H,18,19)(H,20,21)/t14-/m0/s1. The third-order valence-electron chi connectivity index (χ3n) is 3.09. The van der Waals surface area contributed by atoms with Crippen LogP contribution in [-0.2, 0) is 4.79 Å². The molecule has 0 spiro atoms. The minimum Gasteiger partial charge on any atom is -0.479 e. The molecule has 5 heteroatoms. The zero-order chi connectivity index (χ0) is 15.4. The molecule has 0 saturated carbocycles. The minimum absolute atomic E-state index is 0.406. The molecule has 0 aliphatic heterocycles. The first-order chi connectivity index (χ1) is 9.99. The van der Waals surface area contributed by atoms with Gasteiger partial charge in [0, 0.05) is 10.0 Å². The van der Waals surface area contributed by atoms with Crippen LogP contribution >= 0.6 is 15.9 Å². The fraction of sp³-hybridized carbons (Fsp3) is 0.125. The molecule has 0 radical (unpaired) electrons. The summed E-state index contributed by atoms with van der Waals surface area (Å²) in [5.41, 5.74) is 1.77. The molecule has 21 heavy (non-hydrogen) atoms. The van der Waals surface area contributed by atoms with Gasteiger partial charge < -0.3 is 10.4 Å². The van der Waals surface area contributed by atoms with Crippen molar-refractivity contribution in [3.63, 3.8) is 0 Å². The number of carboxylic acid groups (broad SMARTS) is 1. The molecule has 0 aliphatic carbocycles. The van der Waals surface area contributed by atoms with Gasteiger partial charge in [0.05, 0.1) is 0 Å². The Balaban J connectivity index is 2.25. The van der Waals surface area contributed by atoms with Gasteiger partial charge in [-0.25, -0.2) is 4.79 Å². The average Bonchev–Trinajstić information content (AvgIpc) is 2.45. The Kier molecular flexibility index (Phi) is 4.75. The number of carbonyl (C=O) groups is 2. The van der Waals surface area contributed by atoms with Crippen LogP contribution < -0.4 is 5.32 Å². The number of aliphatic carboxylic acids is 1. The van der Waals surface area contributed by atoms with Gasteiger partial charge in [0.15, 0.2) is 6.04 Å². The molecule has 0 aliphatic rings. The van der Waals surface area contributed by atoms with E-state index in [1.807, 2.05) is 6.07 Å². The number of hydrogen-bond donors (Lipinski definition) is 2. The normalized spacial score (nSPS) is 11.7. The zero-order valence-electron chi connectivity index (χ0n) is 11.3. The summed E-state index contributed by atoms with van der Waals surface area (Å²) >= 11 is 3.33. The summed E-state index contributed by atoms with van der Waals surface area (Å²) in [6.07, 6.45) is 0. The number of amides is 1. The quantitative estimate of drug-likeness (QED) is 0.891.